The van der Waals surface area contributed by atoms with Crippen LogP contribution in [0.15, 0.2) is 11.6 Å². The number of amides is 1. The molecule has 0 aliphatic rings. The van der Waals surface area contributed by atoms with E-state index in [-0.39, 0.29) is 6.04 Å². The summed E-state index contributed by atoms with van der Waals surface area (Å²) in [4.78, 5) is 15.8. The molecule has 0 bridgehead atoms. The van der Waals surface area contributed by atoms with E-state index < -0.39 is 11.7 Å². The molecule has 1 atom stereocenters. The van der Waals surface area contributed by atoms with Crippen LogP contribution >= 0.6 is 11.3 Å². The molecule has 1 heterocycles. The standard InChI is InChI=1S/C11H18N2O2S/c1-5-8(9-12-6-7-16-9)13-10(14)15-11(2,3)4/h6-8H,5H2,1-4H3,(H,13,14)/t8-/m1/s1. The summed E-state index contributed by atoms with van der Waals surface area (Å²) in [7, 11) is 0. The molecular formula is C11H18N2O2S. The molecule has 0 aliphatic carbocycles. The smallest absolute Gasteiger partial charge is 0.408 e. The van der Waals surface area contributed by atoms with Gasteiger partial charge in [-0.2, -0.15) is 0 Å². The van der Waals surface area contributed by atoms with E-state index in [2.05, 4.69) is 10.3 Å². The molecule has 0 saturated heterocycles. The summed E-state index contributed by atoms with van der Waals surface area (Å²) in [6.45, 7) is 7.54. The molecule has 16 heavy (non-hydrogen) atoms. The lowest BCUT2D eigenvalue weighted by molar-refractivity contribution is 0.0502. The van der Waals surface area contributed by atoms with E-state index in [1.165, 1.54) is 11.3 Å². The Balaban J connectivity index is 2.55. The van der Waals surface area contributed by atoms with E-state index in [0.29, 0.717) is 0 Å². The second-order valence-corrected chi connectivity index (χ2v) is 5.40. The maximum absolute atomic E-state index is 11.6. The maximum atomic E-state index is 11.6. The zero-order chi connectivity index (χ0) is 12.2. The van der Waals surface area contributed by atoms with Crippen molar-refractivity contribution < 1.29 is 9.53 Å². The Morgan fingerprint density at radius 2 is 2.31 bits per heavy atom. The number of nitrogens with zero attached hydrogens (tertiary/aromatic N) is 1. The van der Waals surface area contributed by atoms with Crippen LogP contribution in [-0.2, 0) is 4.74 Å². The summed E-state index contributed by atoms with van der Waals surface area (Å²) in [6, 6.07) is -0.0603. The molecule has 1 aromatic heterocycles. The fraction of sp³-hybridized carbons (Fsp3) is 0.636. The SMILES string of the molecule is CC[C@@H](NC(=O)OC(C)(C)C)c1nccs1. The molecule has 90 valence electrons. The number of carbonyl (C=O) groups excluding carboxylic acids is 1. The van der Waals surface area contributed by atoms with E-state index in [9.17, 15) is 4.79 Å². The van der Waals surface area contributed by atoms with Gasteiger partial charge in [-0.25, -0.2) is 9.78 Å². The Morgan fingerprint density at radius 3 is 2.75 bits per heavy atom. The van der Waals surface area contributed by atoms with Gasteiger partial charge in [-0.3, -0.25) is 0 Å². The van der Waals surface area contributed by atoms with Crippen LogP contribution in [0.1, 0.15) is 45.2 Å². The van der Waals surface area contributed by atoms with Gasteiger partial charge in [0.2, 0.25) is 0 Å². The topological polar surface area (TPSA) is 51.2 Å². The predicted octanol–water partition coefficient (Wildman–Crippen LogP) is 3.12. The first-order chi connectivity index (χ1) is 7.42. The number of nitrogens with one attached hydrogen (secondary N) is 1. The Kier molecular flexibility index (Phi) is 4.29. The summed E-state index contributed by atoms with van der Waals surface area (Å²) in [5.74, 6) is 0. The molecule has 1 amide bonds. The molecule has 5 heteroatoms. The normalized spacial score (nSPS) is 13.2. The van der Waals surface area contributed by atoms with E-state index in [1.807, 2.05) is 33.1 Å². The van der Waals surface area contributed by atoms with E-state index in [4.69, 9.17) is 4.74 Å². The number of rotatable bonds is 3. The van der Waals surface area contributed by atoms with Crippen molar-refractivity contribution in [2.45, 2.75) is 45.8 Å². The lowest BCUT2D eigenvalue weighted by Gasteiger charge is -2.22. The molecule has 1 rings (SSSR count). The number of hydrogen-bond acceptors (Lipinski definition) is 4. The molecular weight excluding hydrogens is 224 g/mol. The first-order valence-electron chi connectivity index (χ1n) is 5.31. The fourth-order valence-corrected chi connectivity index (χ4v) is 1.97. The average Bonchev–Trinajstić information content (AvgIpc) is 2.63. The third kappa shape index (κ3) is 4.18. The quantitative estimate of drug-likeness (QED) is 0.886. The van der Waals surface area contributed by atoms with Gasteiger partial charge >= 0.3 is 6.09 Å². The Bertz CT molecular complexity index is 330. The van der Waals surface area contributed by atoms with Crippen molar-refractivity contribution in [2.24, 2.45) is 0 Å². The minimum Gasteiger partial charge on any atom is -0.444 e. The number of hydrogen-bond donors (Lipinski definition) is 1. The van der Waals surface area contributed by atoms with Crippen molar-refractivity contribution in [1.82, 2.24) is 10.3 Å². The molecule has 0 saturated carbocycles. The molecule has 0 aliphatic heterocycles. The van der Waals surface area contributed by atoms with E-state index >= 15 is 0 Å². The highest BCUT2D eigenvalue weighted by molar-refractivity contribution is 7.09. The van der Waals surface area contributed by atoms with Crippen LogP contribution in [0.4, 0.5) is 4.79 Å². The molecule has 1 N–H and O–H groups in total. The van der Waals surface area contributed by atoms with Gasteiger partial charge < -0.3 is 10.1 Å². The average molecular weight is 242 g/mol. The second-order valence-electron chi connectivity index (χ2n) is 4.48. The molecule has 1 aromatic rings. The van der Waals surface area contributed by atoms with E-state index in [0.717, 1.165) is 11.4 Å². The lowest BCUT2D eigenvalue weighted by Crippen LogP contribution is -2.34. The first-order valence-corrected chi connectivity index (χ1v) is 6.19. The van der Waals surface area contributed by atoms with Crippen molar-refractivity contribution in [1.29, 1.82) is 0 Å². The Labute approximate surface area is 100 Å². The number of thiazole rings is 1. The highest BCUT2D eigenvalue weighted by Gasteiger charge is 2.20. The minimum atomic E-state index is -0.467. The molecule has 0 spiro atoms. The van der Waals surface area contributed by atoms with Crippen LogP contribution in [0.3, 0.4) is 0 Å². The summed E-state index contributed by atoms with van der Waals surface area (Å²) >= 11 is 1.53. The van der Waals surface area contributed by atoms with Crippen LogP contribution in [-0.4, -0.2) is 16.7 Å². The lowest BCUT2D eigenvalue weighted by atomic mass is 10.2. The van der Waals surface area contributed by atoms with Crippen molar-refractivity contribution in [3.05, 3.63) is 16.6 Å². The van der Waals surface area contributed by atoms with Crippen LogP contribution < -0.4 is 5.32 Å². The van der Waals surface area contributed by atoms with Gasteiger partial charge in [-0.15, -0.1) is 11.3 Å². The predicted molar refractivity (Wildman–Crippen MR) is 64.5 cm³/mol. The second kappa shape index (κ2) is 5.30. The summed E-state index contributed by atoms with van der Waals surface area (Å²) in [6.07, 6.45) is 2.14. The van der Waals surface area contributed by atoms with Crippen molar-refractivity contribution in [2.75, 3.05) is 0 Å². The number of alkyl carbamates (subject to hydrolysis) is 1. The zero-order valence-electron chi connectivity index (χ0n) is 10.1. The fourth-order valence-electron chi connectivity index (χ4n) is 1.19. The first kappa shape index (κ1) is 13.0. The third-order valence-corrected chi connectivity index (χ3v) is 2.74. The number of ether oxygens (including phenoxy) is 1. The number of carbonyl (C=O) groups is 1. The largest absolute Gasteiger partial charge is 0.444 e. The van der Waals surface area contributed by atoms with Gasteiger partial charge in [0.25, 0.3) is 0 Å². The van der Waals surface area contributed by atoms with Crippen LogP contribution in [0.25, 0.3) is 0 Å². The van der Waals surface area contributed by atoms with Gasteiger partial charge in [-0.05, 0) is 27.2 Å². The van der Waals surface area contributed by atoms with Gasteiger partial charge in [0.05, 0.1) is 6.04 Å². The molecule has 0 unspecified atom stereocenters. The molecule has 0 fully saturated rings. The molecule has 4 nitrogen and oxygen atoms in total. The Hall–Kier alpha value is -1.10. The summed E-state index contributed by atoms with van der Waals surface area (Å²) in [5.41, 5.74) is -0.467. The van der Waals surface area contributed by atoms with Crippen LogP contribution in [0.5, 0.6) is 0 Å². The summed E-state index contributed by atoms with van der Waals surface area (Å²) in [5, 5.41) is 5.62. The molecule has 0 radical (unpaired) electrons. The highest BCUT2D eigenvalue weighted by atomic mass is 32.1. The van der Waals surface area contributed by atoms with Gasteiger partial charge in [0, 0.05) is 11.6 Å². The van der Waals surface area contributed by atoms with Crippen molar-refractivity contribution in [3.63, 3.8) is 0 Å². The van der Waals surface area contributed by atoms with Crippen molar-refractivity contribution >= 4 is 17.4 Å². The van der Waals surface area contributed by atoms with E-state index in [1.54, 1.807) is 6.20 Å². The highest BCUT2D eigenvalue weighted by Crippen LogP contribution is 2.19. The summed E-state index contributed by atoms with van der Waals surface area (Å²) < 4.78 is 5.19. The zero-order valence-corrected chi connectivity index (χ0v) is 10.9. The minimum absolute atomic E-state index is 0.0603. The molecule has 0 aromatic carbocycles. The van der Waals surface area contributed by atoms with Gasteiger partial charge in [0.15, 0.2) is 0 Å². The van der Waals surface area contributed by atoms with Gasteiger partial charge in [-0.1, -0.05) is 6.92 Å². The Morgan fingerprint density at radius 1 is 1.62 bits per heavy atom. The number of aromatic nitrogens is 1. The van der Waals surface area contributed by atoms with Crippen LogP contribution in [0.2, 0.25) is 0 Å². The third-order valence-electron chi connectivity index (χ3n) is 1.85. The maximum Gasteiger partial charge on any atom is 0.408 e. The monoisotopic (exact) mass is 242 g/mol. The van der Waals surface area contributed by atoms with Gasteiger partial charge in [0.1, 0.15) is 10.6 Å². The van der Waals surface area contributed by atoms with Crippen molar-refractivity contribution in [3.8, 4) is 0 Å². The van der Waals surface area contributed by atoms with Crippen LogP contribution in [0, 0.1) is 0 Å².